The minimum Gasteiger partial charge on any atom is -0.465 e. The molecule has 1 saturated heterocycles. The molecule has 1 heterocycles. The number of esters is 1. The number of hydrogen-bond acceptors (Lipinski definition) is 5. The second-order valence-corrected chi connectivity index (χ2v) is 5.71. The molecule has 0 saturated carbocycles. The Kier molecular flexibility index (Phi) is 6.31. The summed E-state index contributed by atoms with van der Waals surface area (Å²) < 4.78 is 4.63. The van der Waals surface area contributed by atoms with Crippen LogP contribution < -0.4 is 5.32 Å². The molecule has 2 rings (SSSR count). The van der Waals surface area contributed by atoms with Crippen molar-refractivity contribution >= 4 is 23.5 Å². The van der Waals surface area contributed by atoms with E-state index >= 15 is 0 Å². The van der Waals surface area contributed by atoms with Gasteiger partial charge in [0, 0.05) is 51.8 Å². The van der Waals surface area contributed by atoms with Crippen molar-refractivity contribution in [2.75, 3.05) is 45.2 Å². The van der Waals surface area contributed by atoms with Crippen LogP contribution in [0.15, 0.2) is 24.3 Å². The first-order chi connectivity index (χ1) is 11.5. The third kappa shape index (κ3) is 5.06. The number of amides is 2. The molecule has 2 amide bonds. The molecule has 1 aliphatic rings. The highest BCUT2D eigenvalue weighted by atomic mass is 16.5. The summed E-state index contributed by atoms with van der Waals surface area (Å²) in [6.45, 7) is 5.26. The monoisotopic (exact) mass is 333 g/mol. The minimum absolute atomic E-state index is 0.0742. The van der Waals surface area contributed by atoms with Crippen molar-refractivity contribution in [3.63, 3.8) is 0 Å². The van der Waals surface area contributed by atoms with Gasteiger partial charge in [0.2, 0.25) is 11.8 Å². The maximum atomic E-state index is 12.0. The van der Waals surface area contributed by atoms with Crippen LogP contribution in [-0.4, -0.2) is 67.4 Å². The predicted molar refractivity (Wildman–Crippen MR) is 89.7 cm³/mol. The molecular weight excluding hydrogens is 310 g/mol. The molecule has 1 aromatic rings. The molecule has 0 aromatic heterocycles. The van der Waals surface area contributed by atoms with Gasteiger partial charge in [0.15, 0.2) is 0 Å². The summed E-state index contributed by atoms with van der Waals surface area (Å²) in [5.41, 5.74) is 1.09. The van der Waals surface area contributed by atoms with Crippen molar-refractivity contribution in [2.45, 2.75) is 13.3 Å². The van der Waals surface area contributed by atoms with Crippen LogP contribution in [0.3, 0.4) is 0 Å². The van der Waals surface area contributed by atoms with E-state index in [0.29, 0.717) is 37.3 Å². The maximum absolute atomic E-state index is 12.0. The smallest absolute Gasteiger partial charge is 0.337 e. The lowest BCUT2D eigenvalue weighted by Gasteiger charge is -2.34. The number of ether oxygens (including phenoxy) is 1. The van der Waals surface area contributed by atoms with Crippen molar-refractivity contribution in [3.05, 3.63) is 29.8 Å². The van der Waals surface area contributed by atoms with Gasteiger partial charge in [-0.2, -0.15) is 0 Å². The number of nitrogens with one attached hydrogen (secondary N) is 1. The summed E-state index contributed by atoms with van der Waals surface area (Å²) in [4.78, 5) is 38.6. The van der Waals surface area contributed by atoms with Crippen LogP contribution in [0.25, 0.3) is 0 Å². The number of anilines is 1. The zero-order valence-corrected chi connectivity index (χ0v) is 14.1. The lowest BCUT2D eigenvalue weighted by atomic mass is 10.2. The average Bonchev–Trinajstić information content (AvgIpc) is 2.60. The molecule has 0 unspecified atom stereocenters. The van der Waals surface area contributed by atoms with Gasteiger partial charge < -0.3 is 15.0 Å². The molecule has 130 valence electrons. The quantitative estimate of drug-likeness (QED) is 0.812. The van der Waals surface area contributed by atoms with Crippen LogP contribution in [0, 0.1) is 0 Å². The molecule has 7 nitrogen and oxygen atoms in total. The van der Waals surface area contributed by atoms with Gasteiger partial charge in [-0.15, -0.1) is 0 Å². The third-order valence-corrected chi connectivity index (χ3v) is 4.06. The molecule has 7 heteroatoms. The van der Waals surface area contributed by atoms with E-state index in [4.69, 9.17) is 0 Å². The van der Waals surface area contributed by atoms with E-state index in [1.165, 1.54) is 7.11 Å². The van der Waals surface area contributed by atoms with Crippen LogP contribution >= 0.6 is 0 Å². The number of carbonyl (C=O) groups is 3. The highest BCUT2D eigenvalue weighted by Crippen LogP contribution is 2.11. The Hall–Kier alpha value is -2.41. The van der Waals surface area contributed by atoms with Crippen molar-refractivity contribution < 1.29 is 19.1 Å². The van der Waals surface area contributed by atoms with E-state index in [1.807, 2.05) is 4.90 Å². The van der Waals surface area contributed by atoms with E-state index < -0.39 is 5.97 Å². The van der Waals surface area contributed by atoms with Crippen LogP contribution in [-0.2, 0) is 14.3 Å². The number of carbonyl (C=O) groups excluding carboxylic acids is 3. The minimum atomic E-state index is -0.405. The normalized spacial score (nSPS) is 15.0. The number of methoxy groups -OCH3 is 1. The molecule has 0 radical (unpaired) electrons. The van der Waals surface area contributed by atoms with E-state index in [-0.39, 0.29) is 11.8 Å². The molecule has 0 atom stereocenters. The molecular formula is C17H23N3O4. The first-order valence-electron chi connectivity index (χ1n) is 7.95. The number of piperazine rings is 1. The Morgan fingerprint density at radius 3 is 2.25 bits per heavy atom. The Morgan fingerprint density at radius 2 is 1.71 bits per heavy atom. The van der Waals surface area contributed by atoms with Gasteiger partial charge in [-0.1, -0.05) is 0 Å². The topological polar surface area (TPSA) is 79.0 Å². The van der Waals surface area contributed by atoms with Gasteiger partial charge in [-0.25, -0.2) is 4.79 Å². The fraction of sp³-hybridized carbons (Fsp3) is 0.471. The van der Waals surface area contributed by atoms with Crippen molar-refractivity contribution in [1.82, 2.24) is 9.80 Å². The molecule has 24 heavy (non-hydrogen) atoms. The zero-order chi connectivity index (χ0) is 17.5. The zero-order valence-electron chi connectivity index (χ0n) is 14.1. The van der Waals surface area contributed by atoms with Gasteiger partial charge in [0.1, 0.15) is 0 Å². The molecule has 1 fully saturated rings. The number of benzene rings is 1. The summed E-state index contributed by atoms with van der Waals surface area (Å²) in [6, 6.07) is 6.58. The Bertz CT molecular complexity index is 592. The van der Waals surface area contributed by atoms with E-state index in [1.54, 1.807) is 31.2 Å². The van der Waals surface area contributed by atoms with Crippen LogP contribution in [0.4, 0.5) is 5.69 Å². The number of hydrogen-bond donors (Lipinski definition) is 1. The van der Waals surface area contributed by atoms with Crippen molar-refractivity contribution in [1.29, 1.82) is 0 Å². The molecule has 0 spiro atoms. The van der Waals surface area contributed by atoms with Crippen LogP contribution in [0.2, 0.25) is 0 Å². The number of rotatable bonds is 5. The largest absolute Gasteiger partial charge is 0.465 e. The molecule has 0 aliphatic carbocycles. The number of nitrogens with zero attached hydrogens (tertiary/aromatic N) is 2. The van der Waals surface area contributed by atoms with E-state index in [2.05, 4.69) is 15.0 Å². The van der Waals surface area contributed by atoms with Crippen molar-refractivity contribution in [2.24, 2.45) is 0 Å². The fourth-order valence-electron chi connectivity index (χ4n) is 2.58. The van der Waals surface area contributed by atoms with Crippen LogP contribution in [0.1, 0.15) is 23.7 Å². The fourth-order valence-corrected chi connectivity index (χ4v) is 2.58. The third-order valence-electron chi connectivity index (χ3n) is 4.06. The second-order valence-electron chi connectivity index (χ2n) is 5.71. The lowest BCUT2D eigenvalue weighted by Crippen LogP contribution is -2.48. The summed E-state index contributed by atoms with van der Waals surface area (Å²) in [7, 11) is 1.33. The van der Waals surface area contributed by atoms with E-state index in [0.717, 1.165) is 13.1 Å². The summed E-state index contributed by atoms with van der Waals surface area (Å²) >= 11 is 0. The van der Waals surface area contributed by atoms with Crippen molar-refractivity contribution in [3.8, 4) is 0 Å². The Morgan fingerprint density at radius 1 is 1.08 bits per heavy atom. The van der Waals surface area contributed by atoms with Gasteiger partial charge in [0.25, 0.3) is 0 Å². The van der Waals surface area contributed by atoms with E-state index in [9.17, 15) is 14.4 Å². The molecule has 0 bridgehead atoms. The maximum Gasteiger partial charge on any atom is 0.337 e. The Balaban J connectivity index is 1.74. The first kappa shape index (κ1) is 17.9. The lowest BCUT2D eigenvalue weighted by molar-refractivity contribution is -0.130. The molecule has 1 aliphatic heterocycles. The summed E-state index contributed by atoms with van der Waals surface area (Å²) in [5, 5.41) is 2.81. The SMILES string of the molecule is COC(=O)c1ccc(NC(=O)CCN2CCN(C(C)=O)CC2)cc1. The van der Waals surface area contributed by atoms with Gasteiger partial charge in [0.05, 0.1) is 12.7 Å². The standard InChI is InChI=1S/C17H23N3O4/c1-13(21)20-11-9-19(10-12-20)8-7-16(22)18-15-5-3-14(4-6-15)17(23)24-2/h3-6H,7-12H2,1-2H3,(H,18,22). The molecule has 1 aromatic carbocycles. The average molecular weight is 333 g/mol. The second kappa shape index (κ2) is 8.44. The summed E-state index contributed by atoms with van der Waals surface area (Å²) in [6.07, 6.45) is 0.388. The Labute approximate surface area is 141 Å². The highest BCUT2D eigenvalue weighted by molar-refractivity contribution is 5.93. The molecule has 1 N–H and O–H groups in total. The van der Waals surface area contributed by atoms with Gasteiger partial charge in [-0.3, -0.25) is 14.5 Å². The van der Waals surface area contributed by atoms with Gasteiger partial charge in [-0.05, 0) is 24.3 Å². The van der Waals surface area contributed by atoms with Crippen LogP contribution in [0.5, 0.6) is 0 Å². The first-order valence-corrected chi connectivity index (χ1v) is 7.95. The summed E-state index contributed by atoms with van der Waals surface area (Å²) in [5.74, 6) is -0.379. The van der Waals surface area contributed by atoms with Gasteiger partial charge >= 0.3 is 5.97 Å². The highest BCUT2D eigenvalue weighted by Gasteiger charge is 2.18. The predicted octanol–water partition coefficient (Wildman–Crippen LogP) is 0.966.